The summed E-state index contributed by atoms with van der Waals surface area (Å²) >= 11 is 6.10. The van der Waals surface area contributed by atoms with Crippen LogP contribution in [-0.4, -0.2) is 22.1 Å². The first kappa shape index (κ1) is 13.1. The average molecular weight is 264 g/mol. The van der Waals surface area contributed by atoms with Crippen molar-refractivity contribution in [3.05, 3.63) is 30.0 Å². The Hall–Kier alpha value is -1.35. The number of hydrogen-bond acceptors (Lipinski definition) is 3. The van der Waals surface area contributed by atoms with Crippen LogP contribution in [0.2, 0.25) is 0 Å². The maximum atomic E-state index is 6.10. The Bertz CT molecular complexity index is 527. The normalized spacial score (nSPS) is 12.6. The van der Waals surface area contributed by atoms with Gasteiger partial charge in [-0.15, -0.1) is 16.7 Å². The summed E-state index contributed by atoms with van der Waals surface area (Å²) in [4.78, 5) is 0. The molecular formula is C14H18ClN3. The number of fused-ring (bicyclic) bond motifs is 1. The van der Waals surface area contributed by atoms with E-state index in [0.29, 0.717) is 0 Å². The molecule has 0 aliphatic rings. The van der Waals surface area contributed by atoms with Crippen LogP contribution in [0.15, 0.2) is 24.3 Å². The zero-order valence-electron chi connectivity index (χ0n) is 10.8. The van der Waals surface area contributed by atoms with Crippen LogP contribution in [0.25, 0.3) is 10.8 Å². The second kappa shape index (κ2) is 6.01. The maximum absolute atomic E-state index is 6.10. The Balaban J connectivity index is 2.16. The molecule has 0 bridgehead atoms. The molecule has 2 aromatic rings. The van der Waals surface area contributed by atoms with Gasteiger partial charge in [-0.2, -0.15) is 5.10 Å². The molecule has 0 aliphatic carbocycles. The van der Waals surface area contributed by atoms with Crippen molar-refractivity contribution in [2.75, 3.05) is 11.9 Å². The number of aryl methyl sites for hydroxylation is 1. The summed E-state index contributed by atoms with van der Waals surface area (Å²) in [5, 5.41) is 14.2. The Morgan fingerprint density at radius 2 is 1.94 bits per heavy atom. The Kier molecular flexibility index (Phi) is 4.37. The highest BCUT2D eigenvalue weighted by molar-refractivity contribution is 6.20. The number of anilines is 1. The second-order valence-electron chi connectivity index (χ2n) is 4.40. The quantitative estimate of drug-likeness (QED) is 0.835. The van der Waals surface area contributed by atoms with Gasteiger partial charge in [-0.25, -0.2) is 0 Å². The molecular weight excluding hydrogens is 246 g/mol. The van der Waals surface area contributed by atoms with Crippen LogP contribution in [0.5, 0.6) is 0 Å². The lowest BCUT2D eigenvalue weighted by Gasteiger charge is -2.10. The van der Waals surface area contributed by atoms with Crippen molar-refractivity contribution < 1.29 is 0 Å². The lowest BCUT2D eigenvalue weighted by Crippen LogP contribution is -2.10. The zero-order chi connectivity index (χ0) is 13.0. The molecule has 3 nitrogen and oxygen atoms in total. The van der Waals surface area contributed by atoms with Crippen LogP contribution in [-0.2, 0) is 0 Å². The summed E-state index contributed by atoms with van der Waals surface area (Å²) in [6, 6.07) is 8.18. The molecule has 1 atom stereocenters. The fourth-order valence-corrected chi connectivity index (χ4v) is 2.03. The fraction of sp³-hybridized carbons (Fsp3) is 0.429. The van der Waals surface area contributed by atoms with Crippen LogP contribution in [0, 0.1) is 6.92 Å². The van der Waals surface area contributed by atoms with Crippen molar-refractivity contribution in [1.82, 2.24) is 10.2 Å². The summed E-state index contributed by atoms with van der Waals surface area (Å²) < 4.78 is 0. The van der Waals surface area contributed by atoms with Gasteiger partial charge < -0.3 is 5.32 Å². The van der Waals surface area contributed by atoms with Gasteiger partial charge in [-0.05, 0) is 19.8 Å². The molecule has 2 rings (SSSR count). The lowest BCUT2D eigenvalue weighted by molar-refractivity contribution is 0.751. The molecule has 0 fully saturated rings. The lowest BCUT2D eigenvalue weighted by atomic mass is 10.1. The molecule has 4 heteroatoms. The first-order chi connectivity index (χ1) is 8.72. The van der Waals surface area contributed by atoms with Gasteiger partial charge in [0.2, 0.25) is 0 Å². The SMILES string of the molecule is CCC(Cl)CCNc1nnc(C)c2ccccc12. The van der Waals surface area contributed by atoms with Crippen LogP contribution in [0.3, 0.4) is 0 Å². The molecule has 0 saturated heterocycles. The van der Waals surface area contributed by atoms with Crippen LogP contribution >= 0.6 is 11.6 Å². The number of hydrogen-bond donors (Lipinski definition) is 1. The number of nitrogens with zero attached hydrogens (tertiary/aromatic N) is 2. The predicted molar refractivity (Wildman–Crippen MR) is 77.3 cm³/mol. The number of nitrogens with one attached hydrogen (secondary N) is 1. The molecule has 1 heterocycles. The first-order valence-electron chi connectivity index (χ1n) is 6.32. The predicted octanol–water partition coefficient (Wildman–Crippen LogP) is 3.76. The third kappa shape index (κ3) is 2.91. The number of aromatic nitrogens is 2. The molecule has 1 N–H and O–H groups in total. The molecule has 0 saturated carbocycles. The molecule has 1 aromatic heterocycles. The molecule has 1 aromatic carbocycles. The summed E-state index contributed by atoms with van der Waals surface area (Å²) in [6.45, 7) is 4.90. The Morgan fingerprint density at radius 1 is 1.22 bits per heavy atom. The van der Waals surface area contributed by atoms with Crippen LogP contribution in [0.4, 0.5) is 5.82 Å². The standard InChI is InChI=1S/C14H18ClN3/c1-3-11(15)8-9-16-14-13-7-5-4-6-12(13)10(2)17-18-14/h4-7,11H,3,8-9H2,1-2H3,(H,16,18). The topological polar surface area (TPSA) is 37.8 Å². The summed E-state index contributed by atoms with van der Waals surface area (Å²) in [7, 11) is 0. The minimum atomic E-state index is 0.224. The molecule has 0 amide bonds. The average Bonchev–Trinajstić information content (AvgIpc) is 2.41. The fourth-order valence-electron chi connectivity index (χ4n) is 1.92. The third-order valence-electron chi connectivity index (χ3n) is 3.06. The number of benzene rings is 1. The summed E-state index contributed by atoms with van der Waals surface area (Å²) in [5.74, 6) is 0.844. The van der Waals surface area contributed by atoms with E-state index in [0.717, 1.165) is 41.7 Å². The van der Waals surface area contributed by atoms with Gasteiger partial charge in [0.05, 0.1) is 5.69 Å². The van der Waals surface area contributed by atoms with Gasteiger partial charge in [0, 0.05) is 22.7 Å². The largest absolute Gasteiger partial charge is 0.368 e. The van der Waals surface area contributed by atoms with Crippen molar-refractivity contribution in [2.24, 2.45) is 0 Å². The van der Waals surface area contributed by atoms with Crippen molar-refractivity contribution in [1.29, 1.82) is 0 Å². The molecule has 1 unspecified atom stereocenters. The maximum Gasteiger partial charge on any atom is 0.156 e. The van der Waals surface area contributed by atoms with E-state index in [1.165, 1.54) is 0 Å². The van der Waals surface area contributed by atoms with E-state index >= 15 is 0 Å². The third-order valence-corrected chi connectivity index (χ3v) is 3.59. The van der Waals surface area contributed by atoms with Crippen molar-refractivity contribution in [3.8, 4) is 0 Å². The van der Waals surface area contributed by atoms with E-state index in [-0.39, 0.29) is 5.38 Å². The van der Waals surface area contributed by atoms with E-state index in [1.54, 1.807) is 0 Å². The molecule has 0 spiro atoms. The highest BCUT2D eigenvalue weighted by Crippen LogP contribution is 2.22. The molecule has 0 radical (unpaired) electrons. The number of alkyl halides is 1. The van der Waals surface area contributed by atoms with Crippen LogP contribution in [0.1, 0.15) is 25.5 Å². The van der Waals surface area contributed by atoms with Crippen molar-refractivity contribution in [2.45, 2.75) is 32.1 Å². The van der Waals surface area contributed by atoms with Crippen LogP contribution < -0.4 is 5.32 Å². The number of rotatable bonds is 5. The van der Waals surface area contributed by atoms with E-state index < -0.39 is 0 Å². The first-order valence-corrected chi connectivity index (χ1v) is 6.76. The minimum Gasteiger partial charge on any atom is -0.368 e. The minimum absolute atomic E-state index is 0.224. The second-order valence-corrected chi connectivity index (χ2v) is 5.02. The molecule has 18 heavy (non-hydrogen) atoms. The van der Waals surface area contributed by atoms with Crippen molar-refractivity contribution in [3.63, 3.8) is 0 Å². The Labute approximate surface area is 113 Å². The monoisotopic (exact) mass is 263 g/mol. The Morgan fingerprint density at radius 3 is 2.67 bits per heavy atom. The van der Waals surface area contributed by atoms with Gasteiger partial charge in [0.15, 0.2) is 5.82 Å². The molecule has 0 aliphatic heterocycles. The zero-order valence-corrected chi connectivity index (χ0v) is 11.5. The van der Waals surface area contributed by atoms with Gasteiger partial charge in [0.25, 0.3) is 0 Å². The van der Waals surface area contributed by atoms with Gasteiger partial charge in [-0.3, -0.25) is 0 Å². The van der Waals surface area contributed by atoms with Gasteiger partial charge in [-0.1, -0.05) is 31.2 Å². The van der Waals surface area contributed by atoms with E-state index in [1.807, 2.05) is 19.1 Å². The highest BCUT2D eigenvalue weighted by Gasteiger charge is 2.06. The summed E-state index contributed by atoms with van der Waals surface area (Å²) in [6.07, 6.45) is 1.92. The molecule has 96 valence electrons. The number of halogens is 1. The smallest absolute Gasteiger partial charge is 0.156 e. The highest BCUT2D eigenvalue weighted by atomic mass is 35.5. The van der Waals surface area contributed by atoms with Gasteiger partial charge in [0.1, 0.15) is 0 Å². The van der Waals surface area contributed by atoms with Crippen molar-refractivity contribution >= 4 is 28.2 Å². The van der Waals surface area contributed by atoms with E-state index in [9.17, 15) is 0 Å². The van der Waals surface area contributed by atoms with Gasteiger partial charge >= 0.3 is 0 Å². The van der Waals surface area contributed by atoms with E-state index in [4.69, 9.17) is 11.6 Å². The van der Waals surface area contributed by atoms with E-state index in [2.05, 4.69) is 34.6 Å². The summed E-state index contributed by atoms with van der Waals surface area (Å²) in [5.41, 5.74) is 0.958.